The second kappa shape index (κ2) is 4.43. The summed E-state index contributed by atoms with van der Waals surface area (Å²) in [6, 6.07) is 0. The summed E-state index contributed by atoms with van der Waals surface area (Å²) >= 11 is 5.98. The van der Waals surface area contributed by atoms with Crippen molar-refractivity contribution >= 4 is 34.6 Å². The van der Waals surface area contributed by atoms with Crippen LogP contribution in [0.5, 0.6) is 0 Å². The van der Waals surface area contributed by atoms with Crippen molar-refractivity contribution in [2.75, 3.05) is 5.32 Å². The SMILES string of the molecule is NC1(C(=O)Nc2nc(Cl)c3[nH]cnc3n2)CCCC1. The van der Waals surface area contributed by atoms with E-state index in [1.807, 2.05) is 0 Å². The van der Waals surface area contributed by atoms with E-state index in [1.165, 1.54) is 6.33 Å². The van der Waals surface area contributed by atoms with E-state index in [9.17, 15) is 4.79 Å². The molecule has 19 heavy (non-hydrogen) atoms. The largest absolute Gasteiger partial charge is 0.341 e. The summed E-state index contributed by atoms with van der Waals surface area (Å²) in [4.78, 5) is 27.1. The van der Waals surface area contributed by atoms with E-state index >= 15 is 0 Å². The fourth-order valence-electron chi connectivity index (χ4n) is 2.31. The lowest BCUT2D eigenvalue weighted by molar-refractivity contribution is -0.121. The fraction of sp³-hybridized carbons (Fsp3) is 0.455. The predicted octanol–water partition coefficient (Wildman–Crippen LogP) is 1.22. The molecule has 2 aromatic heterocycles. The average Bonchev–Trinajstić information content (AvgIpc) is 2.98. The van der Waals surface area contributed by atoms with Crippen LogP contribution in [0.15, 0.2) is 6.33 Å². The summed E-state index contributed by atoms with van der Waals surface area (Å²) in [5.41, 5.74) is 6.19. The third kappa shape index (κ3) is 2.15. The number of nitrogens with two attached hydrogens (primary N) is 1. The van der Waals surface area contributed by atoms with E-state index in [0.29, 0.717) is 24.0 Å². The van der Waals surface area contributed by atoms with Crippen LogP contribution in [-0.4, -0.2) is 31.4 Å². The fourth-order valence-corrected chi connectivity index (χ4v) is 2.53. The topological polar surface area (TPSA) is 110 Å². The maximum atomic E-state index is 12.1. The second-order valence-corrected chi connectivity index (χ2v) is 5.11. The normalized spacial score (nSPS) is 17.8. The summed E-state index contributed by atoms with van der Waals surface area (Å²) in [5.74, 6) is -0.137. The molecule has 2 aromatic rings. The van der Waals surface area contributed by atoms with Crippen LogP contribution in [0.1, 0.15) is 25.7 Å². The highest BCUT2D eigenvalue weighted by Gasteiger charge is 2.37. The number of H-pyrrole nitrogens is 1. The first kappa shape index (κ1) is 12.3. The van der Waals surface area contributed by atoms with Crippen molar-refractivity contribution in [3.05, 3.63) is 11.5 Å². The van der Waals surface area contributed by atoms with Crippen LogP contribution in [0.3, 0.4) is 0 Å². The van der Waals surface area contributed by atoms with Crippen LogP contribution in [0.4, 0.5) is 5.95 Å². The Morgan fingerprint density at radius 1 is 1.42 bits per heavy atom. The Labute approximate surface area is 114 Å². The van der Waals surface area contributed by atoms with Gasteiger partial charge in [0.15, 0.2) is 10.8 Å². The van der Waals surface area contributed by atoms with Gasteiger partial charge in [0.05, 0.1) is 11.9 Å². The lowest BCUT2D eigenvalue weighted by Crippen LogP contribution is -2.48. The standard InChI is InChI=1S/C11H13ClN6O/c12-7-6-8(15-5-14-6)17-10(16-7)18-9(19)11(13)3-1-2-4-11/h5H,1-4,13H2,(H2,14,15,16,17,18,19). The van der Waals surface area contributed by atoms with Gasteiger partial charge in [0, 0.05) is 0 Å². The zero-order chi connectivity index (χ0) is 13.5. The molecular formula is C11H13ClN6O. The molecule has 0 spiro atoms. The van der Waals surface area contributed by atoms with Crippen molar-refractivity contribution in [1.82, 2.24) is 19.9 Å². The quantitative estimate of drug-likeness (QED) is 0.717. The molecule has 0 bridgehead atoms. The molecule has 1 amide bonds. The summed E-state index contributed by atoms with van der Waals surface area (Å²) in [7, 11) is 0. The highest BCUT2D eigenvalue weighted by atomic mass is 35.5. The van der Waals surface area contributed by atoms with Gasteiger partial charge in [-0.1, -0.05) is 24.4 Å². The Morgan fingerprint density at radius 3 is 2.89 bits per heavy atom. The first-order valence-electron chi connectivity index (χ1n) is 6.05. The molecule has 3 rings (SSSR count). The summed E-state index contributed by atoms with van der Waals surface area (Å²) in [5, 5.41) is 2.84. The molecule has 0 radical (unpaired) electrons. The minimum Gasteiger partial charge on any atom is -0.341 e. The van der Waals surface area contributed by atoms with E-state index in [1.54, 1.807) is 0 Å². The monoisotopic (exact) mass is 280 g/mol. The number of carbonyl (C=O) groups is 1. The van der Waals surface area contributed by atoms with E-state index in [0.717, 1.165) is 12.8 Å². The van der Waals surface area contributed by atoms with Gasteiger partial charge in [-0.05, 0) is 12.8 Å². The maximum Gasteiger partial charge on any atom is 0.246 e. The molecule has 0 saturated heterocycles. The third-order valence-corrected chi connectivity index (χ3v) is 3.69. The number of aromatic amines is 1. The van der Waals surface area contributed by atoms with Crippen molar-refractivity contribution in [3.63, 3.8) is 0 Å². The molecule has 0 aromatic carbocycles. The number of carbonyl (C=O) groups excluding carboxylic acids is 1. The summed E-state index contributed by atoms with van der Waals surface area (Å²) in [6.45, 7) is 0. The van der Waals surface area contributed by atoms with Crippen molar-refractivity contribution in [3.8, 4) is 0 Å². The van der Waals surface area contributed by atoms with Crippen molar-refractivity contribution in [1.29, 1.82) is 0 Å². The molecule has 100 valence electrons. The van der Waals surface area contributed by atoms with Gasteiger partial charge in [0.1, 0.15) is 5.52 Å². The molecule has 1 fully saturated rings. The first-order valence-corrected chi connectivity index (χ1v) is 6.43. The Kier molecular flexibility index (Phi) is 2.87. The molecule has 7 nitrogen and oxygen atoms in total. The molecule has 8 heteroatoms. The molecule has 0 aliphatic heterocycles. The van der Waals surface area contributed by atoms with Crippen LogP contribution in [0.25, 0.3) is 11.2 Å². The number of nitrogens with zero attached hydrogens (tertiary/aromatic N) is 3. The molecule has 4 N–H and O–H groups in total. The number of anilines is 1. The third-order valence-electron chi connectivity index (χ3n) is 3.41. The summed E-state index contributed by atoms with van der Waals surface area (Å²) < 4.78 is 0. The number of fused-ring (bicyclic) bond motifs is 1. The Morgan fingerprint density at radius 2 is 2.16 bits per heavy atom. The Balaban J connectivity index is 1.86. The lowest BCUT2D eigenvalue weighted by atomic mass is 9.98. The van der Waals surface area contributed by atoms with E-state index in [4.69, 9.17) is 17.3 Å². The first-order chi connectivity index (χ1) is 9.08. The number of nitrogens with one attached hydrogen (secondary N) is 2. The number of amides is 1. The number of halogens is 1. The van der Waals surface area contributed by atoms with Gasteiger partial charge in [-0.2, -0.15) is 9.97 Å². The summed E-state index contributed by atoms with van der Waals surface area (Å²) in [6.07, 6.45) is 4.75. The van der Waals surface area contributed by atoms with Crippen molar-refractivity contribution in [2.45, 2.75) is 31.2 Å². The lowest BCUT2D eigenvalue weighted by Gasteiger charge is -2.21. The highest BCUT2D eigenvalue weighted by Crippen LogP contribution is 2.28. The molecule has 1 saturated carbocycles. The minimum atomic E-state index is -0.823. The molecule has 1 aliphatic carbocycles. The minimum absolute atomic E-state index is 0.131. The number of aromatic nitrogens is 4. The molecular weight excluding hydrogens is 268 g/mol. The zero-order valence-electron chi connectivity index (χ0n) is 10.1. The van der Waals surface area contributed by atoms with Crippen LogP contribution in [-0.2, 0) is 4.79 Å². The number of hydrogen-bond donors (Lipinski definition) is 3. The van der Waals surface area contributed by atoms with Crippen LogP contribution >= 0.6 is 11.6 Å². The maximum absolute atomic E-state index is 12.1. The average molecular weight is 281 g/mol. The zero-order valence-corrected chi connectivity index (χ0v) is 10.9. The van der Waals surface area contributed by atoms with Gasteiger partial charge in [0.25, 0.3) is 0 Å². The predicted molar refractivity (Wildman–Crippen MR) is 70.7 cm³/mol. The van der Waals surface area contributed by atoms with Crippen LogP contribution < -0.4 is 11.1 Å². The number of hydrogen-bond acceptors (Lipinski definition) is 5. The van der Waals surface area contributed by atoms with Gasteiger partial charge >= 0.3 is 0 Å². The second-order valence-electron chi connectivity index (χ2n) is 4.76. The highest BCUT2D eigenvalue weighted by molar-refractivity contribution is 6.33. The van der Waals surface area contributed by atoms with E-state index in [-0.39, 0.29) is 17.0 Å². The van der Waals surface area contributed by atoms with Gasteiger partial charge < -0.3 is 10.7 Å². The Hall–Kier alpha value is -1.73. The van der Waals surface area contributed by atoms with Crippen LogP contribution in [0, 0.1) is 0 Å². The van der Waals surface area contributed by atoms with Gasteiger partial charge in [-0.3, -0.25) is 10.1 Å². The Bertz CT molecular complexity index is 633. The van der Waals surface area contributed by atoms with Gasteiger partial charge in [-0.25, -0.2) is 4.98 Å². The van der Waals surface area contributed by atoms with Gasteiger partial charge in [0.2, 0.25) is 11.9 Å². The molecule has 0 unspecified atom stereocenters. The number of imidazole rings is 1. The molecule has 0 atom stereocenters. The van der Waals surface area contributed by atoms with Crippen molar-refractivity contribution in [2.24, 2.45) is 5.73 Å². The van der Waals surface area contributed by atoms with E-state index in [2.05, 4.69) is 25.3 Å². The molecule has 1 aliphatic rings. The number of rotatable bonds is 2. The van der Waals surface area contributed by atoms with E-state index < -0.39 is 5.54 Å². The van der Waals surface area contributed by atoms with Gasteiger partial charge in [-0.15, -0.1) is 0 Å². The smallest absolute Gasteiger partial charge is 0.246 e. The molecule has 2 heterocycles. The van der Waals surface area contributed by atoms with Crippen molar-refractivity contribution < 1.29 is 4.79 Å². The van der Waals surface area contributed by atoms with Crippen LogP contribution in [0.2, 0.25) is 5.15 Å².